The molecule has 6 heteroatoms. The molecule has 0 aliphatic heterocycles. The summed E-state index contributed by atoms with van der Waals surface area (Å²) < 4.78 is 1.99. The monoisotopic (exact) mass is 324 g/mol. The van der Waals surface area contributed by atoms with Crippen molar-refractivity contribution in [2.45, 2.75) is 46.2 Å². The van der Waals surface area contributed by atoms with Crippen molar-refractivity contribution in [3.63, 3.8) is 0 Å². The fraction of sp³-hybridized carbons (Fsp3) is 0.389. The molecule has 2 heterocycles. The van der Waals surface area contributed by atoms with Crippen LogP contribution in [0.2, 0.25) is 0 Å². The molecule has 0 amide bonds. The van der Waals surface area contributed by atoms with Crippen LogP contribution in [0.4, 0.5) is 11.8 Å². The maximum Gasteiger partial charge on any atom is 0.225 e. The second-order valence-electron chi connectivity index (χ2n) is 7.10. The molecule has 3 N–H and O–H groups in total. The predicted octanol–water partition coefficient (Wildman–Crippen LogP) is 3.65. The number of rotatable bonds is 3. The molecule has 0 aliphatic carbocycles. The molecule has 0 saturated carbocycles. The van der Waals surface area contributed by atoms with Crippen LogP contribution in [0.5, 0.6) is 0 Å². The average Bonchev–Trinajstić information content (AvgIpc) is 2.89. The molecule has 0 saturated heterocycles. The van der Waals surface area contributed by atoms with Crippen molar-refractivity contribution in [1.82, 2.24) is 19.7 Å². The molecular formula is C18H24N6. The third kappa shape index (κ3) is 3.04. The lowest BCUT2D eigenvalue weighted by Gasteiger charge is -2.19. The summed E-state index contributed by atoms with van der Waals surface area (Å²) in [5.41, 5.74) is 8.96. The van der Waals surface area contributed by atoms with Gasteiger partial charge in [-0.25, -0.2) is 4.98 Å². The minimum Gasteiger partial charge on any atom is -0.383 e. The molecule has 1 aromatic carbocycles. The molecule has 0 aliphatic rings. The summed E-state index contributed by atoms with van der Waals surface area (Å²) in [7, 11) is 0. The molecule has 0 bridgehead atoms. The minimum atomic E-state index is -0.0490. The lowest BCUT2D eigenvalue weighted by molar-refractivity contribution is 0.354. The molecule has 1 atom stereocenters. The molecular weight excluding hydrogens is 300 g/mol. The van der Waals surface area contributed by atoms with Crippen molar-refractivity contribution >= 4 is 22.7 Å². The largest absolute Gasteiger partial charge is 0.383 e. The molecule has 3 rings (SSSR count). The van der Waals surface area contributed by atoms with Crippen LogP contribution in [0, 0.1) is 6.92 Å². The maximum absolute atomic E-state index is 6.05. The zero-order valence-electron chi connectivity index (χ0n) is 14.8. The van der Waals surface area contributed by atoms with E-state index in [1.165, 1.54) is 0 Å². The lowest BCUT2D eigenvalue weighted by Crippen LogP contribution is -2.22. The minimum absolute atomic E-state index is 0.0293. The lowest BCUT2D eigenvalue weighted by atomic mass is 10.1. The van der Waals surface area contributed by atoms with Crippen LogP contribution in [0.3, 0.4) is 0 Å². The van der Waals surface area contributed by atoms with Crippen LogP contribution in [0.25, 0.3) is 10.9 Å². The number of nitrogen functional groups attached to an aromatic ring is 1. The van der Waals surface area contributed by atoms with E-state index in [2.05, 4.69) is 54.3 Å². The Kier molecular flexibility index (Phi) is 3.91. The number of hydrogen-bond acceptors (Lipinski definition) is 5. The number of nitrogens with zero attached hydrogens (tertiary/aromatic N) is 4. The maximum atomic E-state index is 6.05. The standard InChI is InChI=1S/C18H24N6/c1-11(14-10-24(18(3,4)5)23-12(14)2)20-17-21-15-9-7-6-8-13(15)16(19)22-17/h6-11H,1-5H3,(H3,19,20,21,22). The van der Waals surface area contributed by atoms with Gasteiger partial charge in [-0.1, -0.05) is 12.1 Å². The van der Waals surface area contributed by atoms with E-state index < -0.39 is 0 Å². The van der Waals surface area contributed by atoms with Crippen LogP contribution in [0.1, 0.15) is 45.0 Å². The second-order valence-corrected chi connectivity index (χ2v) is 7.10. The molecule has 0 radical (unpaired) electrons. The van der Waals surface area contributed by atoms with Gasteiger partial charge in [-0.15, -0.1) is 0 Å². The van der Waals surface area contributed by atoms with Gasteiger partial charge in [-0.3, -0.25) is 4.68 Å². The summed E-state index contributed by atoms with van der Waals surface area (Å²) in [6, 6.07) is 7.77. The first-order chi connectivity index (χ1) is 11.3. The van der Waals surface area contributed by atoms with Crippen LogP contribution < -0.4 is 11.1 Å². The topological polar surface area (TPSA) is 81.7 Å². The van der Waals surface area contributed by atoms with Crippen LogP contribution in [0.15, 0.2) is 30.5 Å². The Hall–Kier alpha value is -2.63. The first-order valence-electron chi connectivity index (χ1n) is 8.11. The molecule has 3 aromatic rings. The van der Waals surface area contributed by atoms with Crippen molar-refractivity contribution in [3.8, 4) is 0 Å². The van der Waals surface area contributed by atoms with E-state index in [-0.39, 0.29) is 11.6 Å². The van der Waals surface area contributed by atoms with Crippen molar-refractivity contribution in [1.29, 1.82) is 0 Å². The number of nitrogens with two attached hydrogens (primary N) is 1. The Labute approximate surface area is 142 Å². The number of hydrogen-bond donors (Lipinski definition) is 2. The zero-order chi connectivity index (χ0) is 17.5. The summed E-state index contributed by atoms with van der Waals surface area (Å²) in [4.78, 5) is 8.94. The van der Waals surface area contributed by atoms with Crippen LogP contribution >= 0.6 is 0 Å². The molecule has 0 spiro atoms. The highest BCUT2D eigenvalue weighted by atomic mass is 15.3. The Morgan fingerprint density at radius 3 is 2.54 bits per heavy atom. The van der Waals surface area contributed by atoms with Gasteiger partial charge in [0.25, 0.3) is 0 Å². The number of aromatic nitrogens is 4. The summed E-state index contributed by atoms with van der Waals surface area (Å²) in [6.07, 6.45) is 2.08. The van der Waals surface area contributed by atoms with E-state index in [1.807, 2.05) is 35.9 Å². The molecule has 24 heavy (non-hydrogen) atoms. The van der Waals surface area contributed by atoms with E-state index in [0.29, 0.717) is 11.8 Å². The number of anilines is 2. The number of fused-ring (bicyclic) bond motifs is 1. The van der Waals surface area contributed by atoms with Gasteiger partial charge in [-0.05, 0) is 46.8 Å². The molecule has 2 aromatic heterocycles. The van der Waals surface area contributed by atoms with Gasteiger partial charge >= 0.3 is 0 Å². The first kappa shape index (κ1) is 16.2. The third-order valence-corrected chi connectivity index (χ3v) is 4.07. The van der Waals surface area contributed by atoms with E-state index in [0.717, 1.165) is 22.2 Å². The van der Waals surface area contributed by atoms with Gasteiger partial charge in [-0.2, -0.15) is 10.1 Å². The van der Waals surface area contributed by atoms with Crippen molar-refractivity contribution in [3.05, 3.63) is 41.7 Å². The Morgan fingerprint density at radius 1 is 1.17 bits per heavy atom. The summed E-state index contributed by atoms with van der Waals surface area (Å²) in [5, 5.41) is 8.83. The van der Waals surface area contributed by atoms with Gasteiger partial charge in [0, 0.05) is 17.1 Å². The third-order valence-electron chi connectivity index (χ3n) is 4.07. The Bertz CT molecular complexity index is 875. The quantitative estimate of drug-likeness (QED) is 0.768. The van der Waals surface area contributed by atoms with E-state index in [9.17, 15) is 0 Å². The van der Waals surface area contributed by atoms with Crippen molar-refractivity contribution < 1.29 is 0 Å². The van der Waals surface area contributed by atoms with Gasteiger partial charge in [0.2, 0.25) is 5.95 Å². The Morgan fingerprint density at radius 2 is 1.88 bits per heavy atom. The number of nitrogens with one attached hydrogen (secondary N) is 1. The molecule has 126 valence electrons. The van der Waals surface area contributed by atoms with Gasteiger partial charge in [0.1, 0.15) is 5.82 Å². The first-order valence-corrected chi connectivity index (χ1v) is 8.11. The normalized spacial score (nSPS) is 13.2. The number of benzene rings is 1. The van der Waals surface area contributed by atoms with Crippen molar-refractivity contribution in [2.24, 2.45) is 0 Å². The fourth-order valence-electron chi connectivity index (χ4n) is 2.68. The number of para-hydroxylation sites is 1. The van der Waals surface area contributed by atoms with Gasteiger partial charge in [0.15, 0.2) is 0 Å². The second kappa shape index (κ2) is 5.78. The molecule has 1 unspecified atom stereocenters. The summed E-state index contributed by atoms with van der Waals surface area (Å²) >= 11 is 0. The average molecular weight is 324 g/mol. The highest BCUT2D eigenvalue weighted by Crippen LogP contribution is 2.25. The van der Waals surface area contributed by atoms with E-state index in [1.54, 1.807) is 0 Å². The van der Waals surface area contributed by atoms with Crippen molar-refractivity contribution in [2.75, 3.05) is 11.1 Å². The van der Waals surface area contributed by atoms with Gasteiger partial charge < -0.3 is 11.1 Å². The smallest absolute Gasteiger partial charge is 0.225 e. The molecule has 6 nitrogen and oxygen atoms in total. The van der Waals surface area contributed by atoms with Crippen LogP contribution in [-0.2, 0) is 5.54 Å². The Balaban J connectivity index is 1.90. The SMILES string of the molecule is Cc1nn(C(C)(C)C)cc1C(C)Nc1nc(N)c2ccccc2n1. The predicted molar refractivity (Wildman–Crippen MR) is 97.9 cm³/mol. The fourth-order valence-corrected chi connectivity index (χ4v) is 2.68. The van der Waals surface area contributed by atoms with Gasteiger partial charge in [0.05, 0.1) is 22.8 Å². The van der Waals surface area contributed by atoms with Crippen LogP contribution in [-0.4, -0.2) is 19.7 Å². The summed E-state index contributed by atoms with van der Waals surface area (Å²) in [5.74, 6) is 1.01. The molecule has 0 fully saturated rings. The highest BCUT2D eigenvalue weighted by Gasteiger charge is 2.19. The van der Waals surface area contributed by atoms with E-state index in [4.69, 9.17) is 5.73 Å². The summed E-state index contributed by atoms with van der Waals surface area (Å²) in [6.45, 7) is 10.5. The highest BCUT2D eigenvalue weighted by molar-refractivity contribution is 5.88. The zero-order valence-corrected chi connectivity index (χ0v) is 14.8. The van der Waals surface area contributed by atoms with E-state index >= 15 is 0 Å². The number of aryl methyl sites for hydroxylation is 1.